The number of benzene rings is 1. The summed E-state index contributed by atoms with van der Waals surface area (Å²) in [5.41, 5.74) is 3.37. The minimum atomic E-state index is -0.0827. The van der Waals surface area contributed by atoms with Crippen LogP contribution in [0.2, 0.25) is 0 Å². The number of allylic oxidation sites excluding steroid dienone is 2. The number of methoxy groups -OCH3 is 2. The highest BCUT2D eigenvalue weighted by Crippen LogP contribution is 2.46. The van der Waals surface area contributed by atoms with Gasteiger partial charge in [0.05, 0.1) is 0 Å². The van der Waals surface area contributed by atoms with Crippen LogP contribution in [0.4, 0.5) is 0 Å². The summed E-state index contributed by atoms with van der Waals surface area (Å²) in [6.45, 7) is 6.28. The van der Waals surface area contributed by atoms with Gasteiger partial charge in [0.1, 0.15) is 17.3 Å². The average molecular weight is 405 g/mol. The molecule has 0 amide bonds. The lowest BCUT2D eigenvalue weighted by Gasteiger charge is -2.32. The second-order valence-electron chi connectivity index (χ2n) is 7.88. The normalized spacial score (nSPS) is 19.0. The maximum absolute atomic E-state index is 12.5. The molecule has 1 aliphatic carbocycles. The van der Waals surface area contributed by atoms with Crippen molar-refractivity contribution in [3.8, 4) is 11.5 Å². The van der Waals surface area contributed by atoms with Crippen molar-refractivity contribution in [2.24, 2.45) is 5.92 Å². The number of rotatable bonds is 12. The Kier molecular flexibility index (Phi) is 9.68. The Morgan fingerprint density at radius 3 is 2.21 bits per heavy atom. The molecule has 0 aromatic heterocycles. The van der Waals surface area contributed by atoms with Crippen molar-refractivity contribution in [1.82, 2.24) is 0 Å². The van der Waals surface area contributed by atoms with Crippen LogP contribution in [0.1, 0.15) is 69.9 Å². The Bertz CT molecular complexity index is 666. The van der Waals surface area contributed by atoms with E-state index in [1.807, 2.05) is 0 Å². The average Bonchev–Trinajstić information content (AvgIpc) is 2.71. The van der Waals surface area contributed by atoms with E-state index >= 15 is 0 Å². The molecule has 0 saturated carbocycles. The van der Waals surface area contributed by atoms with Gasteiger partial charge in [0.15, 0.2) is 13.6 Å². The van der Waals surface area contributed by atoms with E-state index in [1.54, 1.807) is 21.1 Å². The minimum absolute atomic E-state index is 0.0135. The van der Waals surface area contributed by atoms with Crippen LogP contribution in [-0.4, -0.2) is 33.6 Å². The third-order valence-electron chi connectivity index (χ3n) is 5.54. The van der Waals surface area contributed by atoms with Crippen LogP contribution < -0.4 is 9.47 Å². The maximum Gasteiger partial charge on any atom is 0.188 e. The van der Waals surface area contributed by atoms with Gasteiger partial charge in [-0.05, 0) is 57.2 Å². The summed E-state index contributed by atoms with van der Waals surface area (Å²) in [5.74, 6) is 1.62. The van der Waals surface area contributed by atoms with E-state index in [4.69, 9.17) is 18.9 Å². The zero-order valence-electron chi connectivity index (χ0n) is 18.6. The van der Waals surface area contributed by atoms with Crippen LogP contribution in [-0.2, 0) is 20.7 Å². The Hall–Kier alpha value is -1.85. The fourth-order valence-electron chi connectivity index (χ4n) is 4.04. The molecule has 29 heavy (non-hydrogen) atoms. The fraction of sp³-hybridized carbons (Fsp3) is 0.625. The van der Waals surface area contributed by atoms with Crippen LogP contribution in [0.25, 0.3) is 0 Å². The third-order valence-corrected chi connectivity index (χ3v) is 5.54. The molecule has 0 N–H and O–H groups in total. The Labute approximate surface area is 175 Å². The quantitative estimate of drug-likeness (QED) is 0.265. The molecule has 0 spiro atoms. The zero-order valence-corrected chi connectivity index (χ0v) is 18.6. The standard InChI is InChI=1S/C24H36O5/c1-6-7-8-9-19-13-22(28-15-26-4)24(23(14-19)29-16-27-5)20-11-10-17(2)12-21(20)18(3)25/h10,13-14,20-21H,6-9,11-12,15-16H2,1-5H3/t20-,21+/m1/s1. The third kappa shape index (κ3) is 6.58. The number of carbonyl (C=O) groups excluding carboxylic acids is 1. The summed E-state index contributed by atoms with van der Waals surface area (Å²) in [4.78, 5) is 12.5. The monoisotopic (exact) mass is 404 g/mol. The van der Waals surface area contributed by atoms with Gasteiger partial charge in [-0.3, -0.25) is 4.79 Å². The van der Waals surface area contributed by atoms with Crippen LogP contribution in [0.15, 0.2) is 23.8 Å². The molecule has 5 heteroatoms. The predicted octanol–water partition coefficient (Wildman–Crippen LogP) is 5.41. The first-order valence-corrected chi connectivity index (χ1v) is 10.6. The summed E-state index contributed by atoms with van der Waals surface area (Å²) >= 11 is 0. The summed E-state index contributed by atoms with van der Waals surface area (Å²) in [7, 11) is 3.22. The first kappa shape index (κ1) is 23.4. The van der Waals surface area contributed by atoms with Crippen molar-refractivity contribution in [2.75, 3.05) is 27.8 Å². The number of aryl methyl sites for hydroxylation is 1. The minimum Gasteiger partial charge on any atom is -0.467 e. The zero-order chi connectivity index (χ0) is 21.2. The molecule has 0 bridgehead atoms. The van der Waals surface area contributed by atoms with Gasteiger partial charge < -0.3 is 18.9 Å². The molecule has 162 valence electrons. The molecule has 1 aromatic rings. The largest absolute Gasteiger partial charge is 0.467 e. The van der Waals surface area contributed by atoms with Crippen LogP contribution in [0.5, 0.6) is 11.5 Å². The van der Waals surface area contributed by atoms with Gasteiger partial charge in [-0.15, -0.1) is 0 Å². The summed E-state index contributed by atoms with van der Waals surface area (Å²) in [6.07, 6.45) is 8.21. The topological polar surface area (TPSA) is 54.0 Å². The van der Waals surface area contributed by atoms with Crippen molar-refractivity contribution >= 4 is 5.78 Å². The molecule has 0 aliphatic heterocycles. The molecular formula is C24H36O5. The summed E-state index contributed by atoms with van der Waals surface area (Å²) < 4.78 is 22.3. The van der Waals surface area contributed by atoms with Crippen LogP contribution in [0, 0.1) is 5.92 Å². The molecule has 2 rings (SSSR count). The molecule has 1 aliphatic rings. The van der Waals surface area contributed by atoms with Crippen LogP contribution >= 0.6 is 0 Å². The maximum atomic E-state index is 12.5. The number of carbonyl (C=O) groups is 1. The SMILES string of the molecule is CCCCCc1cc(OCOC)c([C@@H]2CC=C(C)C[C@H]2C(C)=O)c(OCOC)c1. The van der Waals surface area contributed by atoms with E-state index in [2.05, 4.69) is 32.1 Å². The van der Waals surface area contributed by atoms with Crippen molar-refractivity contribution in [3.05, 3.63) is 34.9 Å². The highest BCUT2D eigenvalue weighted by molar-refractivity contribution is 5.80. The first-order valence-electron chi connectivity index (χ1n) is 10.6. The van der Waals surface area contributed by atoms with Crippen molar-refractivity contribution in [1.29, 1.82) is 0 Å². The molecular weight excluding hydrogens is 368 g/mol. The molecule has 0 heterocycles. The Balaban J connectivity index is 2.51. The lowest BCUT2D eigenvalue weighted by Crippen LogP contribution is -2.25. The number of ether oxygens (including phenoxy) is 4. The number of ketones is 1. The van der Waals surface area contributed by atoms with E-state index in [9.17, 15) is 4.79 Å². The molecule has 0 saturated heterocycles. The molecule has 1 aromatic carbocycles. The lowest BCUT2D eigenvalue weighted by molar-refractivity contribution is -0.121. The van der Waals surface area contributed by atoms with Crippen molar-refractivity contribution in [2.45, 2.75) is 65.2 Å². The number of Topliss-reactive ketones (excluding diaryl/α,β-unsaturated/α-hetero) is 1. The van der Waals surface area contributed by atoms with Gasteiger partial charge in [0.25, 0.3) is 0 Å². The summed E-state index contributed by atoms with van der Waals surface area (Å²) in [6, 6.07) is 4.18. The van der Waals surface area contributed by atoms with E-state index in [0.717, 1.165) is 42.7 Å². The number of unbranched alkanes of at least 4 members (excludes halogenated alkanes) is 2. The van der Waals surface area contributed by atoms with Crippen molar-refractivity contribution < 1.29 is 23.7 Å². The molecule has 0 unspecified atom stereocenters. The highest BCUT2D eigenvalue weighted by Gasteiger charge is 2.34. The van der Waals surface area contributed by atoms with Crippen LogP contribution in [0.3, 0.4) is 0 Å². The van der Waals surface area contributed by atoms with Gasteiger partial charge in [0, 0.05) is 31.6 Å². The number of hydrogen-bond donors (Lipinski definition) is 0. The predicted molar refractivity (Wildman–Crippen MR) is 115 cm³/mol. The Morgan fingerprint density at radius 2 is 1.69 bits per heavy atom. The smallest absolute Gasteiger partial charge is 0.188 e. The van der Waals surface area contributed by atoms with E-state index in [-0.39, 0.29) is 31.2 Å². The second kappa shape index (κ2) is 12.0. The van der Waals surface area contributed by atoms with E-state index in [1.165, 1.54) is 24.0 Å². The number of hydrogen-bond acceptors (Lipinski definition) is 5. The molecule has 2 atom stereocenters. The first-order chi connectivity index (χ1) is 14.0. The summed E-state index contributed by atoms with van der Waals surface area (Å²) in [5, 5.41) is 0. The Morgan fingerprint density at radius 1 is 1.07 bits per heavy atom. The van der Waals surface area contributed by atoms with E-state index < -0.39 is 0 Å². The lowest BCUT2D eigenvalue weighted by atomic mass is 9.73. The van der Waals surface area contributed by atoms with E-state index in [0.29, 0.717) is 0 Å². The highest BCUT2D eigenvalue weighted by atomic mass is 16.7. The van der Waals surface area contributed by atoms with Gasteiger partial charge in [-0.2, -0.15) is 0 Å². The van der Waals surface area contributed by atoms with Crippen molar-refractivity contribution in [3.63, 3.8) is 0 Å². The van der Waals surface area contributed by atoms with Gasteiger partial charge in [-0.1, -0.05) is 31.4 Å². The fourth-order valence-corrected chi connectivity index (χ4v) is 4.04. The van der Waals surface area contributed by atoms with Gasteiger partial charge >= 0.3 is 0 Å². The molecule has 0 fully saturated rings. The van der Waals surface area contributed by atoms with Gasteiger partial charge in [-0.25, -0.2) is 0 Å². The molecule has 0 radical (unpaired) electrons. The molecule has 5 nitrogen and oxygen atoms in total. The second-order valence-corrected chi connectivity index (χ2v) is 7.88. The van der Waals surface area contributed by atoms with Gasteiger partial charge in [0.2, 0.25) is 0 Å².